The molecule has 2 heterocycles. The molecule has 0 aliphatic rings. The third kappa shape index (κ3) is 2.26. The van der Waals surface area contributed by atoms with Crippen LogP contribution in [0.2, 0.25) is 0 Å². The van der Waals surface area contributed by atoms with Gasteiger partial charge in [-0.05, 0) is 11.4 Å². The minimum atomic E-state index is 0.446. The van der Waals surface area contributed by atoms with Gasteiger partial charge in [-0.1, -0.05) is 0 Å². The smallest absolute Gasteiger partial charge is 0.139 e. The third-order valence-electron chi connectivity index (χ3n) is 1.44. The number of ether oxygens (including phenoxy) is 1. The van der Waals surface area contributed by atoms with Gasteiger partial charge in [0.1, 0.15) is 12.4 Å². The molecule has 0 unspecified atom stereocenters. The molecule has 0 aliphatic heterocycles. The molecule has 4 heteroatoms. The van der Waals surface area contributed by atoms with E-state index < -0.39 is 0 Å². The van der Waals surface area contributed by atoms with Gasteiger partial charge < -0.3 is 4.74 Å². The molecule has 0 amide bonds. The fraction of sp³-hybridized carbons (Fsp3) is 0.111. The predicted octanol–water partition coefficient (Wildman–Crippen LogP) is 1.92. The average Bonchev–Trinajstić information content (AvgIpc) is 2.69. The van der Waals surface area contributed by atoms with Crippen LogP contribution in [0.1, 0.15) is 5.69 Å². The van der Waals surface area contributed by atoms with Gasteiger partial charge in [0.2, 0.25) is 0 Å². The third-order valence-corrected chi connectivity index (χ3v) is 2.03. The van der Waals surface area contributed by atoms with Crippen LogP contribution in [0.15, 0.2) is 30.0 Å². The summed E-state index contributed by atoms with van der Waals surface area (Å²) >= 11 is 1.49. The highest BCUT2D eigenvalue weighted by atomic mass is 32.1. The van der Waals surface area contributed by atoms with Gasteiger partial charge >= 0.3 is 0 Å². The molecule has 0 aliphatic carbocycles. The molecule has 65 valence electrons. The minimum Gasteiger partial charge on any atom is -0.486 e. The van der Waals surface area contributed by atoms with Gasteiger partial charge in [0, 0.05) is 12.4 Å². The van der Waals surface area contributed by atoms with E-state index in [1.165, 1.54) is 11.3 Å². The highest BCUT2D eigenvalue weighted by Gasteiger charge is 1.96. The topological polar surface area (TPSA) is 35.0 Å². The quantitative estimate of drug-likeness (QED) is 0.743. The summed E-state index contributed by atoms with van der Waals surface area (Å²) in [5.74, 6) is 0.760. The molecule has 13 heavy (non-hydrogen) atoms. The van der Waals surface area contributed by atoms with E-state index in [-0.39, 0.29) is 0 Å². The zero-order valence-electron chi connectivity index (χ0n) is 6.80. The molecule has 0 fully saturated rings. The normalized spacial score (nSPS) is 9.85. The second-order valence-corrected chi connectivity index (χ2v) is 3.08. The van der Waals surface area contributed by atoms with Crippen LogP contribution < -0.4 is 4.74 Å². The minimum absolute atomic E-state index is 0.446. The summed E-state index contributed by atoms with van der Waals surface area (Å²) in [6, 6.07) is 1.88. The SMILES string of the molecule is [c]1sccc1OCc1cnccn1. The molecule has 0 bridgehead atoms. The van der Waals surface area contributed by atoms with Gasteiger partial charge in [-0.25, -0.2) is 0 Å². The Morgan fingerprint density at radius 1 is 1.46 bits per heavy atom. The molecule has 0 aromatic carbocycles. The van der Waals surface area contributed by atoms with Crippen molar-refractivity contribution < 1.29 is 4.74 Å². The molecule has 0 atom stereocenters. The first-order valence-corrected chi connectivity index (χ1v) is 4.66. The average molecular weight is 191 g/mol. The Morgan fingerprint density at radius 3 is 3.15 bits per heavy atom. The number of aromatic nitrogens is 2. The first kappa shape index (κ1) is 8.19. The van der Waals surface area contributed by atoms with Crippen molar-refractivity contribution in [1.29, 1.82) is 0 Å². The fourth-order valence-electron chi connectivity index (χ4n) is 0.856. The van der Waals surface area contributed by atoms with Crippen LogP contribution >= 0.6 is 11.3 Å². The Labute approximate surface area is 80.0 Å². The van der Waals surface area contributed by atoms with Crippen molar-refractivity contribution in [3.05, 3.63) is 41.1 Å². The van der Waals surface area contributed by atoms with Crippen LogP contribution in [0.4, 0.5) is 0 Å². The lowest BCUT2D eigenvalue weighted by Crippen LogP contribution is -1.97. The molecular weight excluding hydrogens is 184 g/mol. The van der Waals surface area contributed by atoms with Crippen LogP contribution in [-0.4, -0.2) is 9.97 Å². The number of nitrogens with zero attached hydrogens (tertiary/aromatic N) is 2. The van der Waals surface area contributed by atoms with E-state index in [0.717, 1.165) is 11.4 Å². The Hall–Kier alpha value is -1.42. The monoisotopic (exact) mass is 191 g/mol. The maximum Gasteiger partial charge on any atom is 0.139 e. The van der Waals surface area contributed by atoms with Crippen molar-refractivity contribution >= 4 is 11.3 Å². The molecule has 0 spiro atoms. The van der Waals surface area contributed by atoms with Crippen LogP contribution in [0, 0.1) is 5.38 Å². The van der Waals surface area contributed by atoms with E-state index >= 15 is 0 Å². The maximum atomic E-state index is 5.38. The summed E-state index contributed by atoms with van der Waals surface area (Å²) in [5, 5.41) is 4.90. The van der Waals surface area contributed by atoms with Crippen LogP contribution in [0.5, 0.6) is 5.75 Å². The van der Waals surface area contributed by atoms with Gasteiger partial charge in [-0.15, -0.1) is 11.3 Å². The highest BCUT2D eigenvalue weighted by molar-refractivity contribution is 7.07. The molecule has 1 radical (unpaired) electrons. The van der Waals surface area contributed by atoms with Gasteiger partial charge in [0.15, 0.2) is 0 Å². The van der Waals surface area contributed by atoms with E-state index in [2.05, 4.69) is 15.3 Å². The lowest BCUT2D eigenvalue weighted by Gasteiger charge is -2.00. The summed E-state index contributed by atoms with van der Waals surface area (Å²) in [7, 11) is 0. The van der Waals surface area contributed by atoms with Gasteiger partial charge in [-0.2, -0.15) is 0 Å². The predicted molar refractivity (Wildman–Crippen MR) is 49.5 cm³/mol. The van der Waals surface area contributed by atoms with Crippen molar-refractivity contribution in [3.8, 4) is 5.75 Å². The molecule has 2 rings (SSSR count). The lowest BCUT2D eigenvalue weighted by molar-refractivity contribution is 0.301. The molecular formula is C9H7N2OS. The van der Waals surface area contributed by atoms with E-state index in [1.54, 1.807) is 18.6 Å². The molecule has 2 aromatic rings. The van der Waals surface area contributed by atoms with Gasteiger partial charge in [0.05, 0.1) is 17.3 Å². The summed E-state index contributed by atoms with van der Waals surface area (Å²) in [6.07, 6.45) is 4.97. The van der Waals surface area contributed by atoms with Gasteiger partial charge in [0.25, 0.3) is 0 Å². The Morgan fingerprint density at radius 2 is 2.46 bits per heavy atom. The van der Waals surface area contributed by atoms with Crippen LogP contribution in [0.25, 0.3) is 0 Å². The zero-order valence-corrected chi connectivity index (χ0v) is 7.62. The van der Waals surface area contributed by atoms with Crippen LogP contribution in [0.3, 0.4) is 0 Å². The summed E-state index contributed by atoms with van der Waals surface area (Å²) in [6.45, 7) is 0.446. The van der Waals surface area contributed by atoms with Crippen molar-refractivity contribution in [1.82, 2.24) is 9.97 Å². The van der Waals surface area contributed by atoms with Crippen molar-refractivity contribution in [2.45, 2.75) is 6.61 Å². The Kier molecular flexibility index (Phi) is 2.52. The molecule has 3 nitrogen and oxygen atoms in total. The number of thiophene rings is 1. The molecule has 0 saturated heterocycles. The van der Waals surface area contributed by atoms with Crippen molar-refractivity contribution in [2.75, 3.05) is 0 Å². The number of hydrogen-bond donors (Lipinski definition) is 0. The molecule has 0 saturated carbocycles. The standard InChI is InChI=1S/C9H7N2OS/c1-4-13-7-9(1)12-6-8-5-10-2-3-11-8/h1-5H,6H2. The zero-order chi connectivity index (χ0) is 8.93. The maximum absolute atomic E-state index is 5.38. The van der Waals surface area contributed by atoms with Crippen molar-refractivity contribution in [3.63, 3.8) is 0 Å². The van der Waals surface area contributed by atoms with E-state index in [4.69, 9.17) is 4.74 Å². The van der Waals surface area contributed by atoms with E-state index in [9.17, 15) is 0 Å². The second kappa shape index (κ2) is 4.00. The Balaban J connectivity index is 1.94. The van der Waals surface area contributed by atoms with E-state index in [1.807, 2.05) is 11.4 Å². The lowest BCUT2D eigenvalue weighted by atomic mass is 10.5. The number of rotatable bonds is 3. The van der Waals surface area contributed by atoms with E-state index in [0.29, 0.717) is 6.61 Å². The summed E-state index contributed by atoms with van der Waals surface area (Å²) in [4.78, 5) is 8.01. The largest absolute Gasteiger partial charge is 0.486 e. The highest BCUT2D eigenvalue weighted by Crippen LogP contribution is 2.14. The summed E-state index contributed by atoms with van der Waals surface area (Å²) in [5.41, 5.74) is 0.821. The number of hydrogen-bond acceptors (Lipinski definition) is 4. The Bertz CT molecular complexity index is 347. The van der Waals surface area contributed by atoms with Crippen LogP contribution in [-0.2, 0) is 6.61 Å². The molecule has 2 aromatic heterocycles. The van der Waals surface area contributed by atoms with Gasteiger partial charge in [-0.3, -0.25) is 9.97 Å². The summed E-state index contributed by atoms with van der Waals surface area (Å²) < 4.78 is 5.38. The first-order chi connectivity index (χ1) is 6.45. The van der Waals surface area contributed by atoms with Crippen molar-refractivity contribution in [2.24, 2.45) is 0 Å². The second-order valence-electron chi connectivity index (χ2n) is 2.37. The fourth-order valence-corrected chi connectivity index (χ4v) is 1.36. The molecule has 0 N–H and O–H groups in total. The first-order valence-electron chi connectivity index (χ1n) is 3.78.